The van der Waals surface area contributed by atoms with Gasteiger partial charge in [0, 0.05) is 27.8 Å². The molecular weight excluding hydrogens is 512 g/mol. The van der Waals surface area contributed by atoms with E-state index in [-0.39, 0.29) is 12.1 Å². The number of halogens is 1. The first-order valence-corrected chi connectivity index (χ1v) is 13.4. The van der Waals surface area contributed by atoms with Gasteiger partial charge in [0.15, 0.2) is 0 Å². The minimum atomic E-state index is -0.409. The Kier molecular flexibility index (Phi) is 7.14. The molecule has 7 heteroatoms. The number of fused-ring (bicyclic) bond motifs is 3. The fraction of sp³-hybridized carbons (Fsp3) is 0.219. The lowest BCUT2D eigenvalue weighted by molar-refractivity contribution is 0.0852. The Morgan fingerprint density at radius 2 is 1.74 bits per heavy atom. The summed E-state index contributed by atoms with van der Waals surface area (Å²) in [5.41, 5.74) is 4.34. The molecule has 2 heterocycles. The van der Waals surface area contributed by atoms with Gasteiger partial charge in [-0.15, -0.1) is 0 Å². The molecule has 39 heavy (non-hydrogen) atoms. The predicted molar refractivity (Wildman–Crippen MR) is 151 cm³/mol. The van der Waals surface area contributed by atoms with Gasteiger partial charge >= 0.3 is 6.09 Å². The van der Waals surface area contributed by atoms with Crippen LogP contribution in [0.1, 0.15) is 34.8 Å². The van der Waals surface area contributed by atoms with E-state index < -0.39 is 6.09 Å². The van der Waals surface area contributed by atoms with Crippen molar-refractivity contribution >= 4 is 29.8 Å². The molecule has 6 nitrogen and oxygen atoms in total. The minimum absolute atomic E-state index is 0.00931. The van der Waals surface area contributed by atoms with Crippen LogP contribution >= 0.6 is 11.6 Å². The molecule has 1 aliphatic carbocycles. The molecule has 1 N–H and O–H groups in total. The Balaban J connectivity index is 1.33. The van der Waals surface area contributed by atoms with Crippen LogP contribution in [0.5, 0.6) is 11.5 Å². The maximum absolute atomic E-state index is 13.5. The number of H-pyrrole nitrogens is 1. The smallest absolute Gasteiger partial charge is 0.416 e. The third kappa shape index (κ3) is 5.31. The van der Waals surface area contributed by atoms with E-state index in [4.69, 9.17) is 25.8 Å². The lowest BCUT2D eigenvalue weighted by atomic mass is 9.92. The number of amides is 1. The molecule has 1 aliphatic heterocycles. The van der Waals surface area contributed by atoms with Crippen LogP contribution in [0.3, 0.4) is 0 Å². The van der Waals surface area contributed by atoms with Gasteiger partial charge < -0.3 is 19.2 Å². The molecule has 2 atom stereocenters. The summed E-state index contributed by atoms with van der Waals surface area (Å²) in [7, 11) is 1.64. The van der Waals surface area contributed by atoms with E-state index in [1.807, 2.05) is 42.5 Å². The molecule has 2 aliphatic rings. The Morgan fingerprint density at radius 3 is 2.49 bits per heavy atom. The van der Waals surface area contributed by atoms with Crippen molar-refractivity contribution in [3.8, 4) is 11.5 Å². The predicted octanol–water partition coefficient (Wildman–Crippen LogP) is 5.37. The Hall–Kier alpha value is -4.00. The molecule has 3 aromatic carbocycles. The van der Waals surface area contributed by atoms with Crippen molar-refractivity contribution in [1.82, 2.24) is 9.88 Å². The SMILES string of the molecule is COc1ccc(C2c3[nH]c4c(c3CCN2C(=O)Oc2ccc(Cl)cc2)=CC(OCc2ccccc2)CC=4)cc1. The van der Waals surface area contributed by atoms with Gasteiger partial charge in [0.1, 0.15) is 17.5 Å². The molecule has 198 valence electrons. The summed E-state index contributed by atoms with van der Waals surface area (Å²) in [4.78, 5) is 18.9. The van der Waals surface area contributed by atoms with Crippen molar-refractivity contribution in [2.24, 2.45) is 0 Å². The molecule has 0 saturated heterocycles. The number of aromatic amines is 1. The fourth-order valence-electron chi connectivity index (χ4n) is 5.34. The zero-order valence-corrected chi connectivity index (χ0v) is 22.4. The third-order valence-electron chi connectivity index (χ3n) is 7.30. The van der Waals surface area contributed by atoms with Crippen molar-refractivity contribution in [3.63, 3.8) is 0 Å². The van der Waals surface area contributed by atoms with Crippen molar-refractivity contribution < 1.29 is 19.0 Å². The van der Waals surface area contributed by atoms with Gasteiger partial charge in [-0.3, -0.25) is 4.90 Å². The van der Waals surface area contributed by atoms with Crippen LogP contribution in [-0.2, 0) is 17.8 Å². The average Bonchev–Trinajstić information content (AvgIpc) is 3.35. The van der Waals surface area contributed by atoms with Crippen LogP contribution in [0.15, 0.2) is 78.9 Å². The van der Waals surface area contributed by atoms with Gasteiger partial charge in [0.25, 0.3) is 0 Å². The summed E-state index contributed by atoms with van der Waals surface area (Å²) in [6.07, 6.45) is 5.50. The zero-order chi connectivity index (χ0) is 26.8. The molecule has 1 aromatic heterocycles. The first-order chi connectivity index (χ1) is 19.1. The number of nitrogens with one attached hydrogen (secondary N) is 1. The molecule has 0 saturated carbocycles. The standard InChI is InChI=1S/C32H29ClN2O4/c1-37-24-11-7-22(8-12-24)31-30-27(17-18-35(31)32(36)39-25-13-9-23(33)10-14-25)28-19-26(15-16-29(28)34-30)38-20-21-5-3-2-4-6-21/h2-14,16,19,26,31,34H,15,17-18,20H2,1H3. The number of methoxy groups -OCH3 is 1. The summed E-state index contributed by atoms with van der Waals surface area (Å²) in [6, 6.07) is 24.5. The molecule has 4 aromatic rings. The largest absolute Gasteiger partial charge is 0.497 e. The number of rotatable bonds is 6. The number of nitrogens with zero attached hydrogens (tertiary/aromatic N) is 1. The van der Waals surface area contributed by atoms with Gasteiger partial charge in [-0.1, -0.05) is 60.1 Å². The number of ether oxygens (including phenoxy) is 3. The van der Waals surface area contributed by atoms with Gasteiger partial charge in [-0.05, 0) is 72.0 Å². The molecule has 0 bridgehead atoms. The number of carbonyl (C=O) groups is 1. The Labute approximate surface area is 232 Å². The van der Waals surface area contributed by atoms with Crippen LogP contribution in [0.2, 0.25) is 5.02 Å². The first kappa shape index (κ1) is 25.3. The van der Waals surface area contributed by atoms with Gasteiger partial charge in [0.2, 0.25) is 0 Å². The highest BCUT2D eigenvalue weighted by Gasteiger charge is 2.35. The quantitative estimate of drug-likeness (QED) is 0.357. The van der Waals surface area contributed by atoms with Crippen LogP contribution < -0.4 is 20.0 Å². The van der Waals surface area contributed by atoms with E-state index in [1.165, 1.54) is 10.8 Å². The van der Waals surface area contributed by atoms with Crippen molar-refractivity contribution in [2.45, 2.75) is 31.6 Å². The van der Waals surface area contributed by atoms with E-state index in [0.29, 0.717) is 30.3 Å². The van der Waals surface area contributed by atoms with Crippen molar-refractivity contribution in [1.29, 1.82) is 0 Å². The van der Waals surface area contributed by atoms with E-state index >= 15 is 0 Å². The molecule has 2 unspecified atom stereocenters. The molecular formula is C32H29ClN2O4. The Morgan fingerprint density at radius 1 is 1.00 bits per heavy atom. The number of benzene rings is 3. The lowest BCUT2D eigenvalue weighted by Gasteiger charge is -2.35. The maximum Gasteiger partial charge on any atom is 0.416 e. The van der Waals surface area contributed by atoms with Gasteiger partial charge in [-0.25, -0.2) is 4.79 Å². The topological polar surface area (TPSA) is 63.8 Å². The van der Waals surface area contributed by atoms with Crippen LogP contribution in [-0.4, -0.2) is 35.7 Å². The molecule has 0 spiro atoms. The number of hydrogen-bond acceptors (Lipinski definition) is 4. The summed E-state index contributed by atoms with van der Waals surface area (Å²) in [6.45, 7) is 1.08. The minimum Gasteiger partial charge on any atom is -0.497 e. The van der Waals surface area contributed by atoms with E-state index in [2.05, 4.69) is 29.3 Å². The average molecular weight is 541 g/mol. The second-order valence-corrected chi connectivity index (χ2v) is 10.2. The Bertz CT molecular complexity index is 1580. The van der Waals surface area contributed by atoms with E-state index in [9.17, 15) is 4.79 Å². The summed E-state index contributed by atoms with van der Waals surface area (Å²) < 4.78 is 17.4. The van der Waals surface area contributed by atoms with Crippen molar-refractivity contribution in [2.75, 3.05) is 13.7 Å². The number of carbonyl (C=O) groups excluding carboxylic acids is 1. The van der Waals surface area contributed by atoms with Crippen LogP contribution in [0.25, 0.3) is 12.2 Å². The monoisotopic (exact) mass is 540 g/mol. The normalized spacial score (nSPS) is 17.8. The number of aromatic nitrogens is 1. The fourth-order valence-corrected chi connectivity index (χ4v) is 5.47. The highest BCUT2D eigenvalue weighted by molar-refractivity contribution is 6.30. The van der Waals surface area contributed by atoms with Crippen molar-refractivity contribution in [3.05, 3.63) is 117 Å². The highest BCUT2D eigenvalue weighted by atomic mass is 35.5. The molecule has 0 radical (unpaired) electrons. The summed E-state index contributed by atoms with van der Waals surface area (Å²) in [5, 5.41) is 2.83. The first-order valence-electron chi connectivity index (χ1n) is 13.1. The second-order valence-electron chi connectivity index (χ2n) is 9.73. The van der Waals surface area contributed by atoms with Gasteiger partial charge in [0.05, 0.1) is 19.8 Å². The maximum atomic E-state index is 13.5. The van der Waals surface area contributed by atoms with E-state index in [1.54, 1.807) is 36.3 Å². The molecule has 6 rings (SSSR count). The van der Waals surface area contributed by atoms with Crippen LogP contribution in [0, 0.1) is 0 Å². The summed E-state index contributed by atoms with van der Waals surface area (Å²) in [5.74, 6) is 1.21. The van der Waals surface area contributed by atoms with E-state index in [0.717, 1.165) is 34.3 Å². The lowest BCUT2D eigenvalue weighted by Crippen LogP contribution is -2.43. The third-order valence-corrected chi connectivity index (χ3v) is 7.55. The molecule has 0 fully saturated rings. The van der Waals surface area contributed by atoms with Crippen LogP contribution in [0.4, 0.5) is 4.79 Å². The summed E-state index contributed by atoms with van der Waals surface area (Å²) >= 11 is 6.01. The second kappa shape index (κ2) is 11.0. The molecule has 1 amide bonds. The highest BCUT2D eigenvalue weighted by Crippen LogP contribution is 2.34. The zero-order valence-electron chi connectivity index (χ0n) is 21.6. The number of hydrogen-bond donors (Lipinski definition) is 1. The van der Waals surface area contributed by atoms with Gasteiger partial charge in [-0.2, -0.15) is 0 Å².